The van der Waals surface area contributed by atoms with Gasteiger partial charge < -0.3 is 9.84 Å². The van der Waals surface area contributed by atoms with Crippen molar-refractivity contribution in [1.82, 2.24) is 4.90 Å². The van der Waals surface area contributed by atoms with Gasteiger partial charge in [0.2, 0.25) is 0 Å². The molecule has 110 valence electrons. The minimum absolute atomic E-state index is 0.108. The van der Waals surface area contributed by atoms with Gasteiger partial charge in [-0.3, -0.25) is 4.90 Å². The van der Waals surface area contributed by atoms with Gasteiger partial charge in [-0.1, -0.05) is 13.0 Å². The Labute approximate surface area is 121 Å². The Bertz CT molecular complexity index is 492. The maximum absolute atomic E-state index is 10.8. The van der Waals surface area contributed by atoms with Gasteiger partial charge in [-0.15, -0.1) is 0 Å². The highest BCUT2D eigenvalue weighted by atomic mass is 16.5. The fourth-order valence-electron chi connectivity index (χ4n) is 3.56. The molecule has 2 unspecified atom stereocenters. The minimum Gasteiger partial charge on any atom is -0.491 e. The molecule has 3 heteroatoms. The Morgan fingerprint density at radius 2 is 1.90 bits per heavy atom. The quantitative estimate of drug-likeness (QED) is 0.855. The number of hydrogen-bond donors (Lipinski definition) is 1. The molecule has 3 rings (SSSR count). The van der Waals surface area contributed by atoms with E-state index in [0.29, 0.717) is 6.61 Å². The maximum Gasteiger partial charge on any atom is 0.125 e. The summed E-state index contributed by atoms with van der Waals surface area (Å²) in [6.45, 7) is 9.21. The highest BCUT2D eigenvalue weighted by Gasteiger charge is 2.35. The van der Waals surface area contributed by atoms with Crippen LogP contribution in [-0.4, -0.2) is 35.7 Å². The number of ether oxygens (including phenoxy) is 1. The first kappa shape index (κ1) is 13.9. The summed E-state index contributed by atoms with van der Waals surface area (Å²) in [4.78, 5) is 2.41. The Morgan fingerprint density at radius 3 is 2.60 bits per heavy atom. The van der Waals surface area contributed by atoms with Gasteiger partial charge in [-0.25, -0.2) is 0 Å². The van der Waals surface area contributed by atoms with E-state index in [1.54, 1.807) is 0 Å². The van der Waals surface area contributed by atoms with E-state index in [1.807, 2.05) is 6.07 Å². The molecular weight excluding hydrogens is 250 g/mol. The lowest BCUT2D eigenvalue weighted by molar-refractivity contribution is -0.0101. The van der Waals surface area contributed by atoms with Gasteiger partial charge in [0, 0.05) is 5.56 Å². The average molecular weight is 275 g/mol. The van der Waals surface area contributed by atoms with Crippen molar-refractivity contribution in [3.63, 3.8) is 0 Å². The van der Waals surface area contributed by atoms with Crippen molar-refractivity contribution >= 4 is 0 Å². The van der Waals surface area contributed by atoms with E-state index in [-0.39, 0.29) is 6.04 Å². The van der Waals surface area contributed by atoms with Gasteiger partial charge in [-0.2, -0.15) is 0 Å². The smallest absolute Gasteiger partial charge is 0.125 e. The molecule has 0 aliphatic carbocycles. The molecule has 0 spiro atoms. The van der Waals surface area contributed by atoms with Crippen molar-refractivity contribution in [3.8, 4) is 5.75 Å². The monoisotopic (exact) mass is 275 g/mol. The molecular formula is C17H25NO2. The number of nitrogens with zero attached hydrogens (tertiary/aromatic N) is 1. The summed E-state index contributed by atoms with van der Waals surface area (Å²) in [6, 6.07) is 4.28. The molecule has 2 heterocycles. The zero-order valence-electron chi connectivity index (χ0n) is 12.7. The van der Waals surface area contributed by atoms with E-state index < -0.39 is 6.10 Å². The lowest BCUT2D eigenvalue weighted by Gasteiger charge is -2.41. The van der Waals surface area contributed by atoms with E-state index in [0.717, 1.165) is 35.9 Å². The molecule has 2 aliphatic rings. The average Bonchev–Trinajstić information content (AvgIpc) is 2.39. The Balaban J connectivity index is 1.83. The van der Waals surface area contributed by atoms with E-state index in [2.05, 4.69) is 31.7 Å². The molecule has 0 amide bonds. The van der Waals surface area contributed by atoms with Crippen LogP contribution in [0.2, 0.25) is 0 Å². The number of aliphatic hydroxyl groups excluding tert-OH is 1. The number of likely N-dealkylation sites (tertiary alicyclic amines) is 1. The SMILES string of the molecule is Cc1cc(C)c2c(c1)OCC(N1CCC(C)CC1)C2O. The number of benzene rings is 1. The summed E-state index contributed by atoms with van der Waals surface area (Å²) >= 11 is 0. The summed E-state index contributed by atoms with van der Waals surface area (Å²) in [5.41, 5.74) is 3.33. The van der Waals surface area contributed by atoms with Gasteiger partial charge in [-0.05, 0) is 62.9 Å². The largest absolute Gasteiger partial charge is 0.491 e. The molecule has 2 atom stereocenters. The van der Waals surface area contributed by atoms with Crippen LogP contribution in [-0.2, 0) is 0 Å². The third-order valence-electron chi connectivity index (χ3n) is 4.85. The minimum atomic E-state index is -0.423. The summed E-state index contributed by atoms with van der Waals surface area (Å²) in [7, 11) is 0. The summed E-state index contributed by atoms with van der Waals surface area (Å²) in [5, 5.41) is 10.8. The number of piperidine rings is 1. The second kappa shape index (κ2) is 5.38. The third-order valence-corrected chi connectivity index (χ3v) is 4.85. The lowest BCUT2D eigenvalue weighted by atomic mass is 9.90. The molecule has 0 saturated carbocycles. The van der Waals surface area contributed by atoms with Gasteiger partial charge in [0.05, 0.1) is 6.04 Å². The first-order valence-electron chi connectivity index (χ1n) is 7.72. The van der Waals surface area contributed by atoms with Crippen molar-refractivity contribution in [2.24, 2.45) is 5.92 Å². The van der Waals surface area contributed by atoms with Crippen LogP contribution in [0.1, 0.15) is 42.6 Å². The zero-order chi connectivity index (χ0) is 14.3. The molecule has 0 radical (unpaired) electrons. The molecule has 0 bridgehead atoms. The van der Waals surface area contributed by atoms with Crippen LogP contribution in [0.25, 0.3) is 0 Å². The van der Waals surface area contributed by atoms with Crippen LogP contribution in [0.5, 0.6) is 5.75 Å². The van der Waals surface area contributed by atoms with Crippen molar-refractivity contribution in [2.45, 2.75) is 45.8 Å². The van der Waals surface area contributed by atoms with Gasteiger partial charge in [0.1, 0.15) is 18.5 Å². The topological polar surface area (TPSA) is 32.7 Å². The normalized spacial score (nSPS) is 28.0. The number of hydrogen-bond acceptors (Lipinski definition) is 3. The lowest BCUT2D eigenvalue weighted by Crippen LogP contribution is -2.49. The first-order chi connectivity index (χ1) is 9.56. The van der Waals surface area contributed by atoms with E-state index in [9.17, 15) is 5.11 Å². The van der Waals surface area contributed by atoms with Gasteiger partial charge in [0.15, 0.2) is 0 Å². The molecule has 2 aliphatic heterocycles. The Morgan fingerprint density at radius 1 is 1.20 bits per heavy atom. The molecule has 1 aromatic rings. The van der Waals surface area contributed by atoms with Crippen LogP contribution in [0.4, 0.5) is 0 Å². The number of aryl methyl sites for hydroxylation is 2. The second-order valence-electron chi connectivity index (χ2n) is 6.54. The number of aliphatic hydroxyl groups is 1. The summed E-state index contributed by atoms with van der Waals surface area (Å²) in [6.07, 6.45) is 2.03. The van der Waals surface area contributed by atoms with Crippen molar-refractivity contribution in [2.75, 3.05) is 19.7 Å². The van der Waals surface area contributed by atoms with Gasteiger partial charge >= 0.3 is 0 Å². The van der Waals surface area contributed by atoms with E-state index in [4.69, 9.17) is 4.74 Å². The molecule has 20 heavy (non-hydrogen) atoms. The van der Waals surface area contributed by atoms with Gasteiger partial charge in [0.25, 0.3) is 0 Å². The standard InChI is InChI=1S/C17H25NO2/c1-11-4-6-18(7-5-11)14-10-20-15-9-12(2)8-13(3)16(15)17(14)19/h8-9,11,14,17,19H,4-7,10H2,1-3H3. The molecule has 1 saturated heterocycles. The fraction of sp³-hybridized carbons (Fsp3) is 0.647. The summed E-state index contributed by atoms with van der Waals surface area (Å²) < 4.78 is 5.95. The van der Waals surface area contributed by atoms with Crippen molar-refractivity contribution < 1.29 is 9.84 Å². The molecule has 1 N–H and O–H groups in total. The van der Waals surface area contributed by atoms with Crippen LogP contribution >= 0.6 is 0 Å². The molecule has 0 aromatic heterocycles. The Hall–Kier alpha value is -1.06. The first-order valence-corrected chi connectivity index (χ1v) is 7.72. The van der Waals surface area contributed by atoms with E-state index >= 15 is 0 Å². The van der Waals surface area contributed by atoms with Crippen molar-refractivity contribution in [1.29, 1.82) is 0 Å². The van der Waals surface area contributed by atoms with Crippen LogP contribution in [0.3, 0.4) is 0 Å². The van der Waals surface area contributed by atoms with Crippen molar-refractivity contribution in [3.05, 3.63) is 28.8 Å². The highest BCUT2D eigenvalue weighted by molar-refractivity contribution is 5.46. The fourth-order valence-corrected chi connectivity index (χ4v) is 3.56. The predicted octanol–water partition coefficient (Wildman–Crippen LogP) is 2.83. The second-order valence-corrected chi connectivity index (χ2v) is 6.54. The molecule has 3 nitrogen and oxygen atoms in total. The number of fused-ring (bicyclic) bond motifs is 1. The third kappa shape index (κ3) is 2.45. The molecule has 1 aromatic carbocycles. The predicted molar refractivity (Wildman–Crippen MR) is 80.1 cm³/mol. The number of rotatable bonds is 1. The van der Waals surface area contributed by atoms with Crippen LogP contribution in [0.15, 0.2) is 12.1 Å². The van der Waals surface area contributed by atoms with Crippen LogP contribution in [0, 0.1) is 19.8 Å². The highest BCUT2D eigenvalue weighted by Crippen LogP contribution is 2.38. The zero-order valence-corrected chi connectivity index (χ0v) is 12.7. The molecule has 1 fully saturated rings. The summed E-state index contributed by atoms with van der Waals surface area (Å²) in [5.74, 6) is 1.68. The Kier molecular flexibility index (Phi) is 3.74. The van der Waals surface area contributed by atoms with Crippen LogP contribution < -0.4 is 4.74 Å². The van der Waals surface area contributed by atoms with E-state index in [1.165, 1.54) is 18.4 Å². The maximum atomic E-state index is 10.8.